The molecule has 0 saturated heterocycles. The van der Waals surface area contributed by atoms with Gasteiger partial charge in [0.25, 0.3) is 5.91 Å². The molecule has 0 heterocycles. The molecule has 0 bridgehead atoms. The van der Waals surface area contributed by atoms with Crippen molar-refractivity contribution in [3.8, 4) is 0 Å². The second-order valence-electron chi connectivity index (χ2n) is 4.88. The van der Waals surface area contributed by atoms with Gasteiger partial charge in [0.2, 0.25) is 0 Å². The molecule has 2 nitrogen and oxygen atoms in total. The highest BCUT2D eigenvalue weighted by atomic mass is 79.9. The number of hydrogen-bond donors (Lipinski definition) is 1. The molecule has 0 saturated carbocycles. The quantitative estimate of drug-likeness (QED) is 0.665. The summed E-state index contributed by atoms with van der Waals surface area (Å²) in [6, 6.07) is 8.91. The van der Waals surface area contributed by atoms with Crippen LogP contribution in [-0.2, 0) is 6.18 Å². The molecule has 122 valence electrons. The Bertz CT molecular complexity index is 711. The average Bonchev–Trinajstić information content (AvgIpc) is 2.48. The van der Waals surface area contributed by atoms with Crippen LogP contribution >= 0.6 is 15.9 Å². The normalized spacial score (nSPS) is 12.8. The van der Waals surface area contributed by atoms with E-state index in [-0.39, 0.29) is 11.1 Å². The van der Waals surface area contributed by atoms with Crippen LogP contribution < -0.4 is 5.32 Å². The smallest absolute Gasteiger partial charge is 0.322 e. The SMILES string of the molecule is C[C@@H](F)c1ccc(C(F)(F)F)cc1C(=O)Nc1ccc(Br)cc1. The van der Waals surface area contributed by atoms with Gasteiger partial charge in [0, 0.05) is 15.7 Å². The highest BCUT2D eigenvalue weighted by Gasteiger charge is 2.32. The molecule has 0 radical (unpaired) electrons. The zero-order valence-electron chi connectivity index (χ0n) is 11.9. The maximum Gasteiger partial charge on any atom is 0.416 e. The Kier molecular flexibility index (Phi) is 5.09. The Morgan fingerprint density at radius 1 is 1.13 bits per heavy atom. The van der Waals surface area contributed by atoms with E-state index in [2.05, 4.69) is 21.2 Å². The first-order valence-electron chi connectivity index (χ1n) is 6.60. The summed E-state index contributed by atoms with van der Waals surface area (Å²) in [4.78, 5) is 12.2. The van der Waals surface area contributed by atoms with Crippen molar-refractivity contribution in [3.05, 3.63) is 63.6 Å². The number of carbonyl (C=O) groups excluding carboxylic acids is 1. The molecule has 1 atom stereocenters. The second-order valence-corrected chi connectivity index (χ2v) is 5.79. The largest absolute Gasteiger partial charge is 0.416 e. The zero-order valence-corrected chi connectivity index (χ0v) is 13.5. The van der Waals surface area contributed by atoms with Crippen molar-refractivity contribution in [3.63, 3.8) is 0 Å². The van der Waals surface area contributed by atoms with Crippen molar-refractivity contribution >= 4 is 27.5 Å². The van der Waals surface area contributed by atoms with E-state index in [1.165, 1.54) is 6.92 Å². The molecule has 0 aliphatic heterocycles. The van der Waals surface area contributed by atoms with Crippen molar-refractivity contribution < 1.29 is 22.4 Å². The summed E-state index contributed by atoms with van der Waals surface area (Å²) >= 11 is 3.23. The minimum atomic E-state index is -4.61. The molecular formula is C16H12BrF4NO. The van der Waals surface area contributed by atoms with Gasteiger partial charge < -0.3 is 5.32 Å². The molecule has 2 rings (SSSR count). The van der Waals surface area contributed by atoms with Crippen molar-refractivity contribution in [1.29, 1.82) is 0 Å². The maximum atomic E-state index is 13.6. The maximum absolute atomic E-state index is 13.6. The standard InChI is InChI=1S/C16H12BrF4NO/c1-9(18)13-7-2-10(16(19,20)21)8-14(13)15(23)22-12-5-3-11(17)4-6-12/h2-9H,1H3,(H,22,23)/t9-/m1/s1. The van der Waals surface area contributed by atoms with Crippen LogP contribution in [0.25, 0.3) is 0 Å². The molecule has 0 spiro atoms. The fourth-order valence-corrected chi connectivity index (χ4v) is 2.27. The summed E-state index contributed by atoms with van der Waals surface area (Å²) in [5.41, 5.74) is -1.03. The molecule has 7 heteroatoms. The van der Waals surface area contributed by atoms with Crippen LogP contribution in [0.1, 0.15) is 34.6 Å². The molecule has 2 aromatic carbocycles. The van der Waals surface area contributed by atoms with Crippen molar-refractivity contribution in [1.82, 2.24) is 0 Å². The lowest BCUT2D eigenvalue weighted by Crippen LogP contribution is -2.16. The topological polar surface area (TPSA) is 29.1 Å². The number of alkyl halides is 4. The Labute approximate surface area is 138 Å². The predicted molar refractivity (Wildman–Crippen MR) is 83.1 cm³/mol. The van der Waals surface area contributed by atoms with E-state index < -0.39 is 23.8 Å². The van der Waals surface area contributed by atoms with E-state index in [1.807, 2.05) is 0 Å². The number of halogens is 5. The minimum absolute atomic E-state index is 0.0902. The zero-order chi connectivity index (χ0) is 17.2. The van der Waals surface area contributed by atoms with Crippen molar-refractivity contribution in [2.45, 2.75) is 19.3 Å². The lowest BCUT2D eigenvalue weighted by Gasteiger charge is -2.14. The number of carbonyl (C=O) groups is 1. The van der Waals surface area contributed by atoms with Gasteiger partial charge in [-0.05, 0) is 48.9 Å². The van der Waals surface area contributed by atoms with Crippen LogP contribution in [0, 0.1) is 0 Å². The van der Waals surface area contributed by atoms with Gasteiger partial charge in [-0.15, -0.1) is 0 Å². The van der Waals surface area contributed by atoms with E-state index in [0.717, 1.165) is 16.6 Å². The molecule has 23 heavy (non-hydrogen) atoms. The molecule has 1 N–H and O–H groups in total. The lowest BCUT2D eigenvalue weighted by molar-refractivity contribution is -0.137. The molecule has 0 fully saturated rings. The molecule has 2 aromatic rings. The van der Waals surface area contributed by atoms with Crippen LogP contribution in [0.3, 0.4) is 0 Å². The van der Waals surface area contributed by atoms with Crippen molar-refractivity contribution in [2.75, 3.05) is 5.32 Å². The summed E-state index contributed by atoms with van der Waals surface area (Å²) in [7, 11) is 0. The first-order valence-corrected chi connectivity index (χ1v) is 7.40. The average molecular weight is 390 g/mol. The van der Waals surface area contributed by atoms with E-state index in [4.69, 9.17) is 0 Å². The Balaban J connectivity index is 2.38. The summed E-state index contributed by atoms with van der Waals surface area (Å²) in [5.74, 6) is -0.794. The monoisotopic (exact) mass is 389 g/mol. The van der Waals surface area contributed by atoms with Gasteiger partial charge in [0.1, 0.15) is 6.17 Å². The van der Waals surface area contributed by atoms with Gasteiger partial charge in [-0.1, -0.05) is 22.0 Å². The van der Waals surface area contributed by atoms with Crippen LogP contribution in [-0.4, -0.2) is 5.91 Å². The van der Waals surface area contributed by atoms with Gasteiger partial charge in [0.05, 0.1) is 5.56 Å². The molecule has 0 aromatic heterocycles. The van der Waals surface area contributed by atoms with Gasteiger partial charge in [0.15, 0.2) is 0 Å². The Morgan fingerprint density at radius 2 is 1.74 bits per heavy atom. The van der Waals surface area contributed by atoms with E-state index in [1.54, 1.807) is 24.3 Å². The number of anilines is 1. The molecule has 0 unspecified atom stereocenters. The second kappa shape index (κ2) is 6.70. The summed E-state index contributed by atoms with van der Waals surface area (Å²) in [6.07, 6.45) is -6.17. The third-order valence-corrected chi connectivity index (χ3v) is 3.68. The van der Waals surface area contributed by atoms with Gasteiger partial charge in [-0.25, -0.2) is 4.39 Å². The van der Waals surface area contributed by atoms with Crippen molar-refractivity contribution in [2.24, 2.45) is 0 Å². The summed E-state index contributed by atoms with van der Waals surface area (Å²) in [6.45, 7) is 1.17. The number of benzene rings is 2. The third kappa shape index (κ3) is 4.31. The van der Waals surface area contributed by atoms with Crippen LogP contribution in [0.5, 0.6) is 0 Å². The molecule has 0 aliphatic rings. The number of nitrogens with one attached hydrogen (secondary N) is 1. The first kappa shape index (κ1) is 17.5. The fraction of sp³-hybridized carbons (Fsp3) is 0.188. The Morgan fingerprint density at radius 3 is 2.26 bits per heavy atom. The van der Waals surface area contributed by atoms with Crippen LogP contribution in [0.4, 0.5) is 23.2 Å². The number of hydrogen-bond acceptors (Lipinski definition) is 1. The predicted octanol–water partition coefficient (Wildman–Crippen LogP) is 5.75. The highest BCUT2D eigenvalue weighted by molar-refractivity contribution is 9.10. The summed E-state index contributed by atoms with van der Waals surface area (Å²) < 4.78 is 52.8. The van der Waals surface area contributed by atoms with E-state index in [0.29, 0.717) is 11.8 Å². The number of rotatable bonds is 3. The lowest BCUT2D eigenvalue weighted by atomic mass is 10.00. The Hall–Kier alpha value is -1.89. The molecule has 0 aliphatic carbocycles. The van der Waals surface area contributed by atoms with Gasteiger partial charge >= 0.3 is 6.18 Å². The van der Waals surface area contributed by atoms with Crippen LogP contribution in [0.2, 0.25) is 0 Å². The van der Waals surface area contributed by atoms with Gasteiger partial charge in [-0.2, -0.15) is 13.2 Å². The van der Waals surface area contributed by atoms with Gasteiger partial charge in [-0.3, -0.25) is 4.79 Å². The molecule has 1 amide bonds. The fourth-order valence-electron chi connectivity index (χ4n) is 2.01. The third-order valence-electron chi connectivity index (χ3n) is 3.16. The summed E-state index contributed by atoms with van der Waals surface area (Å²) in [5, 5.41) is 2.47. The molecular weight excluding hydrogens is 378 g/mol. The van der Waals surface area contributed by atoms with Crippen LogP contribution in [0.15, 0.2) is 46.9 Å². The highest BCUT2D eigenvalue weighted by Crippen LogP contribution is 2.33. The number of amides is 1. The van der Waals surface area contributed by atoms with E-state index >= 15 is 0 Å². The minimum Gasteiger partial charge on any atom is -0.322 e. The van der Waals surface area contributed by atoms with E-state index in [9.17, 15) is 22.4 Å². The first-order chi connectivity index (χ1) is 10.7.